The molecule has 0 saturated carbocycles. The van der Waals surface area contributed by atoms with Crippen molar-refractivity contribution in [2.45, 2.75) is 0 Å². The van der Waals surface area contributed by atoms with Crippen molar-refractivity contribution in [2.75, 3.05) is 11.5 Å². The van der Waals surface area contributed by atoms with Crippen LogP contribution in [0.4, 0.5) is 11.5 Å². The van der Waals surface area contributed by atoms with Gasteiger partial charge in [-0.15, -0.1) is 11.8 Å². The van der Waals surface area contributed by atoms with Crippen LogP contribution in [0.2, 0.25) is 0 Å². The number of hydrogen-bond donors (Lipinski definition) is 2. The van der Waals surface area contributed by atoms with Crippen molar-refractivity contribution in [3.63, 3.8) is 0 Å². The van der Waals surface area contributed by atoms with E-state index in [0.29, 0.717) is 11.5 Å². The predicted molar refractivity (Wildman–Crippen MR) is 31.9 cm³/mol. The van der Waals surface area contributed by atoms with Crippen molar-refractivity contribution < 1.29 is 32.7 Å². The first-order valence-corrected chi connectivity index (χ1v) is 2.18. The number of rotatable bonds is 0. The summed E-state index contributed by atoms with van der Waals surface area (Å²) < 4.78 is 0. The third kappa shape index (κ3) is 2.77. The molecule has 0 fully saturated rings. The fourth-order valence-corrected chi connectivity index (χ4v) is 0.420. The Bertz CT molecular complexity index is 172. The zero-order valence-electron chi connectivity index (χ0n) is 4.83. The maximum Gasteiger partial charge on any atom is 0.0400 e. The van der Waals surface area contributed by atoms with Crippen LogP contribution in [0.3, 0.4) is 0 Å². The molecule has 1 rings (SSSR count). The monoisotopic (exact) mass is 197 g/mol. The smallest absolute Gasteiger partial charge is 0.0400 e. The Morgan fingerprint density at radius 1 is 1.44 bits per heavy atom. The van der Waals surface area contributed by atoms with Crippen molar-refractivity contribution in [3.8, 4) is 0 Å². The fraction of sp³-hybridized carbons (Fsp3) is 0. The summed E-state index contributed by atoms with van der Waals surface area (Å²) in [6.45, 7) is 0. The molecule has 0 aliphatic heterocycles. The largest absolute Gasteiger partial charge is 0.431 e. The SMILES string of the molecule is Nc1[c-]cnc(N)c1.[Y]. The molecule has 0 aliphatic carbocycles. The Hall–Kier alpha value is -0.146. The Morgan fingerprint density at radius 3 is 2.44 bits per heavy atom. The van der Waals surface area contributed by atoms with E-state index < -0.39 is 0 Å². The van der Waals surface area contributed by atoms with Crippen molar-refractivity contribution in [1.29, 1.82) is 0 Å². The van der Waals surface area contributed by atoms with Gasteiger partial charge in [0.2, 0.25) is 0 Å². The average molecular weight is 197 g/mol. The number of pyridine rings is 1. The van der Waals surface area contributed by atoms with Crippen LogP contribution < -0.4 is 11.5 Å². The molecule has 1 heterocycles. The molecule has 4 N–H and O–H groups in total. The predicted octanol–water partition coefficient (Wildman–Crippen LogP) is 0.0437. The molecule has 0 spiro atoms. The number of nitrogen functional groups attached to an aromatic ring is 2. The van der Waals surface area contributed by atoms with Crippen LogP contribution in [0.5, 0.6) is 0 Å². The second-order valence-electron chi connectivity index (χ2n) is 1.43. The summed E-state index contributed by atoms with van der Waals surface area (Å²) in [6, 6.07) is 4.21. The van der Waals surface area contributed by atoms with E-state index in [1.807, 2.05) is 0 Å². The molecule has 4 heteroatoms. The Morgan fingerprint density at radius 2 is 2.11 bits per heavy atom. The van der Waals surface area contributed by atoms with Gasteiger partial charge in [0.15, 0.2) is 0 Å². The van der Waals surface area contributed by atoms with E-state index in [2.05, 4.69) is 11.1 Å². The van der Waals surface area contributed by atoms with E-state index in [1.54, 1.807) is 6.07 Å². The van der Waals surface area contributed by atoms with E-state index in [4.69, 9.17) is 11.5 Å². The van der Waals surface area contributed by atoms with Crippen LogP contribution in [0.25, 0.3) is 0 Å². The zero-order chi connectivity index (χ0) is 5.98. The third-order valence-corrected chi connectivity index (χ3v) is 0.748. The molecule has 1 aromatic rings. The third-order valence-electron chi connectivity index (χ3n) is 0.748. The van der Waals surface area contributed by atoms with Gasteiger partial charge >= 0.3 is 0 Å². The molecule has 0 unspecified atom stereocenters. The van der Waals surface area contributed by atoms with Gasteiger partial charge in [-0.2, -0.15) is 0 Å². The first-order valence-electron chi connectivity index (χ1n) is 2.18. The summed E-state index contributed by atoms with van der Waals surface area (Å²) in [5.41, 5.74) is 11.1. The zero-order valence-corrected chi connectivity index (χ0v) is 7.67. The molecule has 45 valence electrons. The maximum absolute atomic E-state index is 5.28. The molecule has 1 aromatic heterocycles. The topological polar surface area (TPSA) is 64.9 Å². The summed E-state index contributed by atoms with van der Waals surface area (Å²) in [5.74, 6) is 0.432. The Kier molecular flexibility index (Phi) is 3.74. The maximum atomic E-state index is 5.28. The molecule has 0 amide bonds. The van der Waals surface area contributed by atoms with Crippen LogP contribution in [0.15, 0.2) is 12.3 Å². The minimum atomic E-state index is 0. The van der Waals surface area contributed by atoms with Gasteiger partial charge in [-0.25, -0.2) is 6.07 Å². The molecule has 0 bridgehead atoms. The molecule has 0 saturated heterocycles. The molecule has 9 heavy (non-hydrogen) atoms. The molecular weight excluding hydrogens is 191 g/mol. The minimum absolute atomic E-state index is 0. The van der Waals surface area contributed by atoms with E-state index in [0.717, 1.165) is 0 Å². The van der Waals surface area contributed by atoms with E-state index >= 15 is 0 Å². The molecule has 0 aliphatic rings. The van der Waals surface area contributed by atoms with Gasteiger partial charge in [-0.1, -0.05) is 6.20 Å². The standard InChI is InChI=1S/C5H6N3.Y/c6-4-1-2-8-5(7)3-4;/h2-3H,(H4,6,7,8);/q-1;. The first kappa shape index (κ1) is 8.85. The van der Waals surface area contributed by atoms with Crippen LogP contribution in [0, 0.1) is 6.07 Å². The van der Waals surface area contributed by atoms with Crippen LogP contribution >= 0.6 is 0 Å². The van der Waals surface area contributed by atoms with Crippen molar-refractivity contribution in [1.82, 2.24) is 4.98 Å². The second kappa shape index (κ2) is 3.80. The number of aromatic nitrogens is 1. The van der Waals surface area contributed by atoms with Crippen LogP contribution in [-0.2, 0) is 32.7 Å². The van der Waals surface area contributed by atoms with Gasteiger partial charge in [0, 0.05) is 38.5 Å². The summed E-state index contributed by atoms with van der Waals surface area (Å²) in [7, 11) is 0. The van der Waals surface area contributed by atoms with Gasteiger partial charge in [0.25, 0.3) is 0 Å². The summed E-state index contributed by atoms with van der Waals surface area (Å²) in [6.07, 6.45) is 1.45. The van der Waals surface area contributed by atoms with Gasteiger partial charge in [0.1, 0.15) is 0 Å². The van der Waals surface area contributed by atoms with Gasteiger partial charge in [0.05, 0.1) is 0 Å². The van der Waals surface area contributed by atoms with Crippen LogP contribution in [0.1, 0.15) is 0 Å². The average Bonchev–Trinajstić information content (AvgIpc) is 1.64. The van der Waals surface area contributed by atoms with Gasteiger partial charge < -0.3 is 11.5 Å². The fourth-order valence-electron chi connectivity index (χ4n) is 0.420. The molecule has 3 nitrogen and oxygen atoms in total. The number of nitrogens with two attached hydrogens (primary N) is 2. The van der Waals surface area contributed by atoms with E-state index in [1.165, 1.54) is 6.20 Å². The quantitative estimate of drug-likeness (QED) is 0.577. The van der Waals surface area contributed by atoms with E-state index in [9.17, 15) is 0 Å². The summed E-state index contributed by atoms with van der Waals surface area (Å²) in [4.78, 5) is 3.68. The molecule has 0 atom stereocenters. The van der Waals surface area contributed by atoms with Crippen LogP contribution in [-0.4, -0.2) is 4.98 Å². The van der Waals surface area contributed by atoms with Crippen molar-refractivity contribution >= 4 is 11.5 Å². The van der Waals surface area contributed by atoms with Crippen molar-refractivity contribution in [3.05, 3.63) is 18.3 Å². The van der Waals surface area contributed by atoms with Crippen molar-refractivity contribution in [2.24, 2.45) is 0 Å². The summed E-state index contributed by atoms with van der Waals surface area (Å²) >= 11 is 0. The minimum Gasteiger partial charge on any atom is -0.431 e. The molecular formula is C5H6N3Y-. The number of anilines is 2. The molecule has 1 radical (unpaired) electrons. The van der Waals surface area contributed by atoms with E-state index in [-0.39, 0.29) is 32.7 Å². The van der Waals surface area contributed by atoms with Gasteiger partial charge in [-0.3, -0.25) is 4.98 Å². The molecule has 0 aromatic carbocycles. The Labute approximate surface area is 78.7 Å². The van der Waals surface area contributed by atoms with Gasteiger partial charge in [-0.05, 0) is 0 Å². The summed E-state index contributed by atoms with van der Waals surface area (Å²) in [5, 5.41) is 0. The number of nitrogens with zero attached hydrogens (tertiary/aromatic N) is 1. The normalized spacial score (nSPS) is 8.00. The first-order chi connectivity index (χ1) is 3.79. The second-order valence-corrected chi connectivity index (χ2v) is 1.43. The Balaban J connectivity index is 0.000000640. The number of hydrogen-bond acceptors (Lipinski definition) is 3.